The zero-order valence-corrected chi connectivity index (χ0v) is 19.4. The number of carboxylic acids is 1. The Morgan fingerprint density at radius 3 is 2.16 bits per heavy atom. The normalized spacial score (nSPS) is 14.5. The first-order chi connectivity index (χ1) is 14.5. The van der Waals surface area contributed by atoms with Gasteiger partial charge in [0.25, 0.3) is 0 Å². The highest BCUT2D eigenvalue weighted by Crippen LogP contribution is 2.03. The molecule has 0 heterocycles. The lowest BCUT2D eigenvalue weighted by Crippen LogP contribution is -2.56. The first kappa shape index (κ1) is 28.8. The maximum Gasteiger partial charge on any atom is 0.327 e. The Morgan fingerprint density at radius 1 is 1.03 bits per heavy atom. The zero-order valence-electron chi connectivity index (χ0n) is 17.7. The lowest BCUT2D eigenvalue weighted by atomic mass is 10.1. The van der Waals surface area contributed by atoms with Gasteiger partial charge in [0.05, 0.1) is 6.04 Å². The molecule has 14 heteroatoms. The molecule has 0 fully saturated rings. The molecule has 0 aliphatic heterocycles. The van der Waals surface area contributed by atoms with Crippen LogP contribution in [0.15, 0.2) is 4.99 Å². The fourth-order valence-corrected chi connectivity index (χ4v) is 3.01. The Bertz CT molecular complexity index is 646. The van der Waals surface area contributed by atoms with Crippen LogP contribution in [0.1, 0.15) is 26.2 Å². The van der Waals surface area contributed by atoms with E-state index in [-0.39, 0.29) is 18.1 Å². The number of amides is 3. The number of thioether (sulfide) groups is 1. The Labute approximate surface area is 191 Å². The molecule has 31 heavy (non-hydrogen) atoms. The second-order valence-electron chi connectivity index (χ2n) is 6.71. The second kappa shape index (κ2) is 15.6. The average Bonchev–Trinajstić information content (AvgIpc) is 2.71. The molecule has 0 aromatic carbocycles. The largest absolute Gasteiger partial charge is 0.480 e. The molecule has 0 spiro atoms. The van der Waals surface area contributed by atoms with Crippen molar-refractivity contribution in [3.8, 4) is 0 Å². The van der Waals surface area contributed by atoms with Gasteiger partial charge in [0.2, 0.25) is 17.7 Å². The van der Waals surface area contributed by atoms with Crippen molar-refractivity contribution >= 4 is 54.0 Å². The van der Waals surface area contributed by atoms with E-state index in [1.54, 1.807) is 0 Å². The standard InChI is InChI=1S/C17H33N7O5S2/c1-9(22-14(26)10(18)4-3-6-21-17(19)20)13(25)23-11(5-7-31-2)15(27)24-12(8-30)16(28)29/h9-12,30H,3-8,18H2,1-2H3,(H,22,26)(H,23,25)(H,24,27)(H,28,29)(H4,19,20,21). The number of rotatable bonds is 15. The van der Waals surface area contributed by atoms with Crippen LogP contribution in [0.5, 0.6) is 0 Å². The summed E-state index contributed by atoms with van der Waals surface area (Å²) in [6, 6.07) is -3.96. The highest BCUT2D eigenvalue weighted by Gasteiger charge is 2.28. The van der Waals surface area contributed by atoms with Crippen LogP contribution in [0, 0.1) is 0 Å². The topological polar surface area (TPSA) is 215 Å². The SMILES string of the molecule is CSCCC(NC(=O)C(C)NC(=O)C(N)CCCN=C(N)N)C(=O)NC(CS)C(=O)O. The molecule has 0 rings (SSSR count). The molecule has 12 nitrogen and oxygen atoms in total. The van der Waals surface area contributed by atoms with E-state index in [0.717, 1.165) is 0 Å². The monoisotopic (exact) mass is 479 g/mol. The molecule has 0 saturated heterocycles. The molecular formula is C17H33N7O5S2. The molecule has 0 radical (unpaired) electrons. The number of nitrogens with zero attached hydrogens (tertiary/aromatic N) is 1. The van der Waals surface area contributed by atoms with E-state index >= 15 is 0 Å². The Kier molecular flexibility index (Phi) is 14.5. The molecule has 0 aliphatic rings. The minimum atomic E-state index is -1.23. The van der Waals surface area contributed by atoms with E-state index in [4.69, 9.17) is 22.3 Å². The van der Waals surface area contributed by atoms with Crippen LogP contribution < -0.4 is 33.2 Å². The van der Waals surface area contributed by atoms with Gasteiger partial charge in [-0.25, -0.2) is 4.79 Å². The Hall–Kier alpha value is -2.19. The number of aliphatic imine (C=N–C) groups is 1. The lowest BCUT2D eigenvalue weighted by molar-refractivity contribution is -0.141. The number of hydrogen-bond acceptors (Lipinski definition) is 8. The summed E-state index contributed by atoms with van der Waals surface area (Å²) in [5.41, 5.74) is 16.2. The number of carbonyl (C=O) groups is 4. The van der Waals surface area contributed by atoms with Gasteiger partial charge in [-0.1, -0.05) is 0 Å². The van der Waals surface area contributed by atoms with Crippen LogP contribution in [0.3, 0.4) is 0 Å². The van der Waals surface area contributed by atoms with Crippen molar-refractivity contribution in [1.29, 1.82) is 0 Å². The van der Waals surface area contributed by atoms with Crippen molar-refractivity contribution in [3.63, 3.8) is 0 Å². The fraction of sp³-hybridized carbons (Fsp3) is 0.706. The lowest BCUT2D eigenvalue weighted by Gasteiger charge is -2.23. The third-order valence-electron chi connectivity index (χ3n) is 4.10. The number of nitrogens with one attached hydrogen (secondary N) is 3. The Balaban J connectivity index is 4.82. The van der Waals surface area contributed by atoms with Gasteiger partial charge in [-0.3, -0.25) is 19.4 Å². The van der Waals surface area contributed by atoms with Crippen molar-refractivity contribution in [2.75, 3.05) is 24.3 Å². The van der Waals surface area contributed by atoms with Gasteiger partial charge in [-0.15, -0.1) is 0 Å². The van der Waals surface area contributed by atoms with E-state index in [1.165, 1.54) is 18.7 Å². The van der Waals surface area contributed by atoms with Gasteiger partial charge >= 0.3 is 5.97 Å². The van der Waals surface area contributed by atoms with Crippen molar-refractivity contribution in [2.45, 2.75) is 50.4 Å². The summed E-state index contributed by atoms with van der Waals surface area (Å²) < 4.78 is 0. The van der Waals surface area contributed by atoms with Crippen LogP contribution in [0.25, 0.3) is 0 Å². The van der Waals surface area contributed by atoms with Gasteiger partial charge in [-0.2, -0.15) is 24.4 Å². The van der Waals surface area contributed by atoms with Crippen molar-refractivity contribution < 1.29 is 24.3 Å². The molecule has 0 saturated carbocycles. The van der Waals surface area contributed by atoms with E-state index < -0.39 is 47.9 Å². The fourth-order valence-electron chi connectivity index (χ4n) is 2.30. The molecule has 3 amide bonds. The number of carbonyl (C=O) groups excluding carboxylic acids is 3. The summed E-state index contributed by atoms with van der Waals surface area (Å²) in [5, 5.41) is 16.5. The quantitative estimate of drug-likeness (QED) is 0.0543. The summed E-state index contributed by atoms with van der Waals surface area (Å²) in [7, 11) is 0. The van der Waals surface area contributed by atoms with Gasteiger partial charge in [0.1, 0.15) is 18.1 Å². The molecule has 10 N–H and O–H groups in total. The summed E-state index contributed by atoms with van der Waals surface area (Å²) in [6.45, 7) is 1.78. The molecular weight excluding hydrogens is 446 g/mol. The zero-order chi connectivity index (χ0) is 24.0. The van der Waals surface area contributed by atoms with Crippen LogP contribution in [-0.2, 0) is 19.2 Å². The number of carboxylic acid groups (broad SMARTS) is 1. The smallest absolute Gasteiger partial charge is 0.327 e. The van der Waals surface area contributed by atoms with Gasteiger partial charge in [0.15, 0.2) is 5.96 Å². The van der Waals surface area contributed by atoms with Crippen molar-refractivity contribution in [2.24, 2.45) is 22.2 Å². The number of aliphatic carboxylic acids is 1. The van der Waals surface area contributed by atoms with Crippen molar-refractivity contribution in [1.82, 2.24) is 16.0 Å². The minimum Gasteiger partial charge on any atom is -0.480 e. The minimum absolute atomic E-state index is 0.0487. The predicted molar refractivity (Wildman–Crippen MR) is 124 cm³/mol. The third-order valence-corrected chi connectivity index (χ3v) is 5.11. The highest BCUT2D eigenvalue weighted by atomic mass is 32.2. The molecule has 4 unspecified atom stereocenters. The van der Waals surface area contributed by atoms with Crippen LogP contribution in [0.4, 0.5) is 0 Å². The van der Waals surface area contributed by atoms with E-state index in [0.29, 0.717) is 25.1 Å². The number of nitrogens with two attached hydrogens (primary N) is 3. The van der Waals surface area contributed by atoms with Gasteiger partial charge in [0, 0.05) is 12.3 Å². The summed E-state index contributed by atoms with van der Waals surface area (Å²) in [5.74, 6) is -2.59. The second-order valence-corrected chi connectivity index (χ2v) is 8.06. The van der Waals surface area contributed by atoms with Gasteiger partial charge < -0.3 is 38.3 Å². The van der Waals surface area contributed by atoms with Gasteiger partial charge in [-0.05, 0) is 38.2 Å². The highest BCUT2D eigenvalue weighted by molar-refractivity contribution is 7.98. The number of guanidine groups is 1. The van der Waals surface area contributed by atoms with E-state index in [9.17, 15) is 19.2 Å². The molecule has 4 atom stereocenters. The maximum absolute atomic E-state index is 12.5. The average molecular weight is 480 g/mol. The molecule has 0 bridgehead atoms. The number of thiol groups is 1. The van der Waals surface area contributed by atoms with E-state index in [1.807, 2.05) is 6.26 Å². The Morgan fingerprint density at radius 2 is 1.65 bits per heavy atom. The van der Waals surface area contributed by atoms with Crippen molar-refractivity contribution in [3.05, 3.63) is 0 Å². The molecule has 0 aromatic heterocycles. The molecule has 0 aliphatic carbocycles. The third kappa shape index (κ3) is 12.3. The summed E-state index contributed by atoms with van der Waals surface area (Å²) in [6.07, 6.45) is 2.92. The predicted octanol–water partition coefficient (Wildman–Crippen LogP) is -2.39. The first-order valence-corrected chi connectivity index (χ1v) is 11.6. The summed E-state index contributed by atoms with van der Waals surface area (Å²) >= 11 is 5.37. The van der Waals surface area contributed by atoms with Crippen LogP contribution >= 0.6 is 24.4 Å². The molecule has 178 valence electrons. The van der Waals surface area contributed by atoms with Crippen LogP contribution in [-0.4, -0.2) is 83.2 Å². The van der Waals surface area contributed by atoms with E-state index in [2.05, 4.69) is 33.6 Å². The number of hydrogen-bond donors (Lipinski definition) is 8. The maximum atomic E-state index is 12.5. The first-order valence-electron chi connectivity index (χ1n) is 9.58. The molecule has 0 aromatic rings. The summed E-state index contributed by atoms with van der Waals surface area (Å²) in [4.78, 5) is 52.0. The van der Waals surface area contributed by atoms with Crippen LogP contribution in [0.2, 0.25) is 0 Å².